The fourth-order valence-electron chi connectivity index (χ4n) is 1.64. The molecule has 0 unspecified atom stereocenters. The van der Waals surface area contributed by atoms with Crippen LogP contribution in [0, 0.1) is 13.8 Å². The Morgan fingerprint density at radius 2 is 1.90 bits per heavy atom. The van der Waals surface area contributed by atoms with Crippen LogP contribution in [-0.2, 0) is 4.79 Å². The Kier molecular flexibility index (Phi) is 5.45. The number of hydrogen-bond donors (Lipinski definition) is 1. The summed E-state index contributed by atoms with van der Waals surface area (Å²) in [7, 11) is 0. The molecule has 0 spiro atoms. The van der Waals surface area contributed by atoms with Crippen molar-refractivity contribution in [1.29, 1.82) is 0 Å². The zero-order valence-electron chi connectivity index (χ0n) is 11.9. The molecular weight excluding hydrogens is 284 g/mol. The third-order valence-corrected chi connectivity index (χ3v) is 3.34. The first-order valence-corrected chi connectivity index (χ1v) is 7.44. The lowest BCUT2D eigenvalue weighted by Gasteiger charge is -2.02. The Morgan fingerprint density at radius 1 is 1.24 bits per heavy atom. The van der Waals surface area contributed by atoms with E-state index in [9.17, 15) is 4.79 Å². The zero-order chi connectivity index (χ0) is 15.1. The van der Waals surface area contributed by atoms with Crippen LogP contribution in [0.2, 0.25) is 0 Å². The minimum atomic E-state index is -0.185. The van der Waals surface area contributed by atoms with Crippen molar-refractivity contribution in [2.45, 2.75) is 19.0 Å². The summed E-state index contributed by atoms with van der Waals surface area (Å²) in [5.41, 5.74) is 5.21. The number of amides is 1. The first-order chi connectivity index (χ1) is 10.1. The van der Waals surface area contributed by atoms with Gasteiger partial charge in [0.25, 0.3) is 5.91 Å². The number of nitrogens with one attached hydrogen (secondary N) is 1. The largest absolute Gasteiger partial charge is 0.272 e. The van der Waals surface area contributed by atoms with Gasteiger partial charge in [-0.25, -0.2) is 15.4 Å². The fourth-order valence-corrected chi connectivity index (χ4v) is 2.38. The minimum Gasteiger partial charge on any atom is -0.272 e. The van der Waals surface area contributed by atoms with Crippen molar-refractivity contribution in [2.24, 2.45) is 5.10 Å². The summed E-state index contributed by atoms with van der Waals surface area (Å²) in [5.74, 6) is 0.0459. The van der Waals surface area contributed by atoms with E-state index >= 15 is 0 Å². The normalized spacial score (nSPS) is 10.8. The van der Waals surface area contributed by atoms with Gasteiger partial charge >= 0.3 is 0 Å². The molecule has 0 saturated heterocycles. The van der Waals surface area contributed by atoms with Crippen molar-refractivity contribution in [3.05, 3.63) is 53.3 Å². The minimum absolute atomic E-state index is 0.185. The van der Waals surface area contributed by atoms with Crippen LogP contribution in [0.3, 0.4) is 0 Å². The molecule has 2 rings (SSSR count). The molecule has 2 aromatic rings. The van der Waals surface area contributed by atoms with Gasteiger partial charge in [0.05, 0.1) is 12.0 Å². The summed E-state index contributed by atoms with van der Waals surface area (Å²) in [6, 6.07) is 11.5. The van der Waals surface area contributed by atoms with Crippen molar-refractivity contribution in [1.82, 2.24) is 15.4 Å². The maximum atomic E-state index is 11.7. The van der Waals surface area contributed by atoms with Gasteiger partial charge in [-0.05, 0) is 25.5 Å². The van der Waals surface area contributed by atoms with Crippen LogP contribution in [0.1, 0.15) is 17.0 Å². The van der Waals surface area contributed by atoms with E-state index in [0.717, 1.165) is 17.0 Å². The van der Waals surface area contributed by atoms with E-state index in [4.69, 9.17) is 0 Å². The van der Waals surface area contributed by atoms with Crippen LogP contribution in [0.4, 0.5) is 0 Å². The third kappa shape index (κ3) is 5.35. The number of hydrazone groups is 1. The number of hydrogen-bond acceptors (Lipinski definition) is 5. The summed E-state index contributed by atoms with van der Waals surface area (Å²) in [6.45, 7) is 3.81. The third-order valence-electron chi connectivity index (χ3n) is 2.50. The van der Waals surface area contributed by atoms with Crippen molar-refractivity contribution < 1.29 is 4.79 Å². The topological polar surface area (TPSA) is 67.2 Å². The van der Waals surface area contributed by atoms with Crippen LogP contribution in [0.15, 0.2) is 46.7 Å². The van der Waals surface area contributed by atoms with Crippen molar-refractivity contribution in [3.8, 4) is 0 Å². The van der Waals surface area contributed by atoms with Gasteiger partial charge in [-0.15, -0.1) is 0 Å². The lowest BCUT2D eigenvalue weighted by Crippen LogP contribution is -2.19. The molecule has 21 heavy (non-hydrogen) atoms. The molecule has 1 heterocycles. The number of rotatable bonds is 5. The monoisotopic (exact) mass is 300 g/mol. The Balaban J connectivity index is 1.81. The number of benzene rings is 1. The van der Waals surface area contributed by atoms with Crippen molar-refractivity contribution >= 4 is 23.9 Å². The highest BCUT2D eigenvalue weighted by Gasteiger charge is 2.05. The molecule has 1 aromatic heterocycles. The van der Waals surface area contributed by atoms with Crippen LogP contribution >= 0.6 is 11.8 Å². The predicted octanol–water partition coefficient (Wildman–Crippen LogP) is 2.34. The van der Waals surface area contributed by atoms with Crippen LogP contribution in [0.25, 0.3) is 0 Å². The van der Waals surface area contributed by atoms with E-state index in [-0.39, 0.29) is 11.7 Å². The summed E-state index contributed by atoms with van der Waals surface area (Å²) >= 11 is 1.29. The molecule has 0 aliphatic rings. The second kappa shape index (κ2) is 7.54. The fraction of sp³-hybridized carbons (Fsp3) is 0.200. The Morgan fingerprint density at radius 3 is 2.57 bits per heavy atom. The zero-order valence-corrected chi connectivity index (χ0v) is 12.7. The molecule has 5 nitrogen and oxygen atoms in total. The van der Waals surface area contributed by atoms with E-state index < -0.39 is 0 Å². The van der Waals surface area contributed by atoms with Gasteiger partial charge in [0.1, 0.15) is 0 Å². The highest BCUT2D eigenvalue weighted by Crippen LogP contribution is 2.13. The van der Waals surface area contributed by atoms with Gasteiger partial charge in [0, 0.05) is 11.4 Å². The predicted molar refractivity (Wildman–Crippen MR) is 84.4 cm³/mol. The van der Waals surface area contributed by atoms with Crippen molar-refractivity contribution in [3.63, 3.8) is 0 Å². The molecular formula is C15H16N4OS. The molecule has 1 N–H and O–H groups in total. The maximum absolute atomic E-state index is 11.7. The summed E-state index contributed by atoms with van der Waals surface area (Å²) in [6.07, 6.45) is 1.61. The molecule has 0 radical (unpaired) electrons. The number of aromatic nitrogens is 2. The number of carbonyl (C=O) groups excluding carboxylic acids is 1. The van der Waals surface area contributed by atoms with E-state index in [1.54, 1.807) is 6.21 Å². The summed E-state index contributed by atoms with van der Waals surface area (Å²) in [5, 5.41) is 4.52. The first kappa shape index (κ1) is 15.2. The maximum Gasteiger partial charge on any atom is 0.250 e. The Hall–Kier alpha value is -2.21. The van der Waals surface area contributed by atoms with Crippen LogP contribution in [0.5, 0.6) is 0 Å². The standard InChI is InChI=1S/C15H16N4OS/c1-11-8-12(2)18-15(17-11)21-10-14(20)19-16-9-13-6-4-3-5-7-13/h3-9H,10H2,1-2H3,(H,19,20)/b16-9+. The molecule has 0 aliphatic carbocycles. The molecule has 0 atom stereocenters. The number of nitrogens with zero attached hydrogens (tertiary/aromatic N) is 3. The molecule has 6 heteroatoms. The SMILES string of the molecule is Cc1cc(C)nc(SCC(=O)N/N=C/c2ccccc2)n1. The smallest absolute Gasteiger partial charge is 0.250 e. The van der Waals surface area contributed by atoms with Gasteiger partial charge in [-0.3, -0.25) is 4.79 Å². The van der Waals surface area contributed by atoms with E-state index in [1.807, 2.05) is 50.2 Å². The molecule has 1 amide bonds. The van der Waals surface area contributed by atoms with Crippen LogP contribution < -0.4 is 5.43 Å². The first-order valence-electron chi connectivity index (χ1n) is 6.45. The lowest BCUT2D eigenvalue weighted by atomic mass is 10.2. The Bertz CT molecular complexity index is 623. The summed E-state index contributed by atoms with van der Waals surface area (Å²) in [4.78, 5) is 20.2. The highest BCUT2D eigenvalue weighted by atomic mass is 32.2. The van der Waals surface area contributed by atoms with E-state index in [1.165, 1.54) is 11.8 Å². The van der Waals surface area contributed by atoms with Gasteiger partial charge in [-0.1, -0.05) is 42.1 Å². The molecule has 1 aromatic carbocycles. The van der Waals surface area contributed by atoms with E-state index in [2.05, 4.69) is 20.5 Å². The van der Waals surface area contributed by atoms with Crippen molar-refractivity contribution in [2.75, 3.05) is 5.75 Å². The lowest BCUT2D eigenvalue weighted by molar-refractivity contribution is -0.118. The van der Waals surface area contributed by atoms with E-state index in [0.29, 0.717) is 5.16 Å². The quantitative estimate of drug-likeness (QED) is 0.398. The number of carbonyl (C=O) groups is 1. The number of thioether (sulfide) groups is 1. The number of aryl methyl sites for hydroxylation is 2. The molecule has 0 bridgehead atoms. The average Bonchev–Trinajstić information content (AvgIpc) is 2.45. The highest BCUT2D eigenvalue weighted by molar-refractivity contribution is 7.99. The second-order valence-electron chi connectivity index (χ2n) is 4.43. The van der Waals surface area contributed by atoms with Gasteiger partial charge in [0.15, 0.2) is 5.16 Å². The molecule has 108 valence electrons. The van der Waals surface area contributed by atoms with Gasteiger partial charge in [0.2, 0.25) is 0 Å². The van der Waals surface area contributed by atoms with Gasteiger partial charge < -0.3 is 0 Å². The van der Waals surface area contributed by atoms with Crippen LogP contribution in [-0.4, -0.2) is 27.8 Å². The summed E-state index contributed by atoms with van der Waals surface area (Å²) < 4.78 is 0. The molecule has 0 saturated carbocycles. The average molecular weight is 300 g/mol. The second-order valence-corrected chi connectivity index (χ2v) is 5.37. The Labute approximate surface area is 127 Å². The molecule has 0 aliphatic heterocycles. The van der Waals surface area contributed by atoms with Gasteiger partial charge in [-0.2, -0.15) is 5.10 Å². The molecule has 0 fully saturated rings.